The van der Waals surface area contributed by atoms with Crippen LogP contribution in [0.15, 0.2) is 18.3 Å². The molecule has 14 heteroatoms. The number of nitrogens with zero attached hydrogens (tertiary/aromatic N) is 7. The highest BCUT2D eigenvalue weighted by atomic mass is 35.5. The Bertz CT molecular complexity index is 1420. The molecule has 36 heavy (non-hydrogen) atoms. The summed E-state index contributed by atoms with van der Waals surface area (Å²) in [4.78, 5) is 21.5. The summed E-state index contributed by atoms with van der Waals surface area (Å²) in [5.41, 5.74) is 1.84. The second kappa shape index (κ2) is 9.37. The molecular weight excluding hydrogens is 488 g/mol. The van der Waals surface area contributed by atoms with Crippen LogP contribution in [-0.2, 0) is 0 Å². The third kappa shape index (κ3) is 4.62. The van der Waals surface area contributed by atoms with Crippen molar-refractivity contribution in [2.45, 2.75) is 37.5 Å². The molecule has 1 aliphatic carbocycles. The molecule has 2 aromatic heterocycles. The molecular formula is C22H21ClN10O3. The second-order valence-corrected chi connectivity index (χ2v) is 9.02. The molecule has 0 radical (unpaired) electrons. The maximum atomic E-state index is 11.0. The number of nitrogens with one attached hydrogen (secondary N) is 3. The molecule has 1 amide bonds. The number of rotatable bonds is 6. The minimum Gasteiger partial charge on any atom is -0.465 e. The van der Waals surface area contributed by atoms with Gasteiger partial charge in [0.25, 0.3) is 0 Å². The zero-order valence-electron chi connectivity index (χ0n) is 18.8. The molecule has 1 aromatic carbocycles. The van der Waals surface area contributed by atoms with Crippen LogP contribution in [-0.4, -0.2) is 67.2 Å². The van der Waals surface area contributed by atoms with Crippen LogP contribution in [0.4, 0.5) is 27.9 Å². The van der Waals surface area contributed by atoms with Crippen LogP contribution < -0.4 is 20.9 Å². The molecule has 2 fully saturated rings. The van der Waals surface area contributed by atoms with E-state index >= 15 is 0 Å². The topological polar surface area (TPSA) is 188 Å². The Hall–Kier alpha value is -4.33. The van der Waals surface area contributed by atoms with E-state index in [1.807, 2.05) is 0 Å². The minimum absolute atomic E-state index is 0.122. The minimum atomic E-state index is -1.20. The number of imidazole rings is 1. The fraction of sp³-hybridized carbons (Fsp3) is 0.364. The number of amides is 1. The first-order valence-electron chi connectivity index (χ1n) is 11.2. The number of hydrogen-bond acceptors (Lipinski definition) is 10. The number of fused-ring (bicyclic) bond motifs is 1. The van der Waals surface area contributed by atoms with Gasteiger partial charge in [-0.3, -0.25) is 0 Å². The summed E-state index contributed by atoms with van der Waals surface area (Å²) in [6.45, 7) is 0.534. The first-order chi connectivity index (χ1) is 17.4. The lowest BCUT2D eigenvalue weighted by Gasteiger charge is -2.37. The molecule has 1 saturated heterocycles. The average molecular weight is 509 g/mol. The van der Waals surface area contributed by atoms with Crippen molar-refractivity contribution >= 4 is 46.5 Å². The lowest BCUT2D eigenvalue weighted by molar-refractivity contribution is 0.108. The molecule has 2 atom stereocenters. The average Bonchev–Trinajstić information content (AvgIpc) is 3.57. The molecule has 3 heterocycles. The monoisotopic (exact) mass is 508 g/mol. The van der Waals surface area contributed by atoms with Crippen molar-refractivity contribution in [3.8, 4) is 12.1 Å². The Morgan fingerprint density at radius 1 is 1.22 bits per heavy atom. The van der Waals surface area contributed by atoms with E-state index in [1.165, 1.54) is 10.7 Å². The van der Waals surface area contributed by atoms with Crippen LogP contribution in [0.5, 0.6) is 0 Å². The molecule has 2 aliphatic rings. The Morgan fingerprint density at radius 3 is 2.69 bits per heavy atom. The third-order valence-electron chi connectivity index (χ3n) is 6.06. The smallest absolute Gasteiger partial charge is 0.404 e. The van der Waals surface area contributed by atoms with Gasteiger partial charge in [0.05, 0.1) is 46.4 Å². The molecule has 184 valence electrons. The Balaban J connectivity index is 1.48. The predicted molar refractivity (Wildman–Crippen MR) is 129 cm³/mol. The van der Waals surface area contributed by atoms with Crippen LogP contribution in [0.25, 0.3) is 5.65 Å². The molecule has 0 unspecified atom stereocenters. The number of carbonyl (C=O) groups is 1. The molecule has 0 bridgehead atoms. The van der Waals surface area contributed by atoms with Gasteiger partial charge in [-0.25, -0.2) is 9.78 Å². The first-order valence-corrected chi connectivity index (χ1v) is 11.6. The van der Waals surface area contributed by atoms with Gasteiger partial charge in [0, 0.05) is 19.1 Å². The van der Waals surface area contributed by atoms with Crippen LogP contribution in [0.3, 0.4) is 0 Å². The Kier molecular flexibility index (Phi) is 6.10. The fourth-order valence-corrected chi connectivity index (χ4v) is 4.40. The summed E-state index contributed by atoms with van der Waals surface area (Å²) < 4.78 is 1.39. The van der Waals surface area contributed by atoms with Crippen LogP contribution >= 0.6 is 11.6 Å². The van der Waals surface area contributed by atoms with E-state index in [0.29, 0.717) is 41.4 Å². The molecule has 3 aromatic rings. The number of β-amino-alcohol motifs (C(OH)–C–C–N with tert-alkyl or cyclic N) is 1. The van der Waals surface area contributed by atoms with Gasteiger partial charge in [-0.15, -0.1) is 5.10 Å². The summed E-state index contributed by atoms with van der Waals surface area (Å²) >= 11 is 6.73. The lowest BCUT2D eigenvalue weighted by Crippen LogP contribution is -2.54. The number of carboxylic acid groups (broad SMARTS) is 1. The van der Waals surface area contributed by atoms with Crippen LogP contribution in [0, 0.1) is 22.7 Å². The second-order valence-electron chi connectivity index (χ2n) is 8.65. The van der Waals surface area contributed by atoms with Gasteiger partial charge in [-0.2, -0.15) is 20.0 Å². The van der Waals surface area contributed by atoms with Crippen molar-refractivity contribution in [1.29, 1.82) is 10.5 Å². The van der Waals surface area contributed by atoms with E-state index in [-0.39, 0.29) is 29.3 Å². The normalized spacial score (nSPS) is 19.4. The maximum Gasteiger partial charge on any atom is 0.404 e. The predicted octanol–water partition coefficient (Wildman–Crippen LogP) is 2.05. The largest absolute Gasteiger partial charge is 0.465 e. The quantitative estimate of drug-likeness (QED) is 0.327. The van der Waals surface area contributed by atoms with E-state index in [0.717, 1.165) is 12.8 Å². The summed E-state index contributed by atoms with van der Waals surface area (Å²) in [6.07, 6.45) is 1.63. The van der Waals surface area contributed by atoms with Gasteiger partial charge in [-0.05, 0) is 31.4 Å². The van der Waals surface area contributed by atoms with Gasteiger partial charge >= 0.3 is 6.09 Å². The highest BCUT2D eigenvalue weighted by molar-refractivity contribution is 6.36. The van der Waals surface area contributed by atoms with Gasteiger partial charge < -0.3 is 31.1 Å². The summed E-state index contributed by atoms with van der Waals surface area (Å²) in [7, 11) is 0. The number of aliphatic hydroxyl groups is 1. The van der Waals surface area contributed by atoms with Crippen molar-refractivity contribution in [3.05, 3.63) is 34.6 Å². The van der Waals surface area contributed by atoms with E-state index in [1.54, 1.807) is 17.0 Å². The van der Waals surface area contributed by atoms with E-state index < -0.39 is 18.2 Å². The summed E-state index contributed by atoms with van der Waals surface area (Å²) in [5, 5.41) is 51.8. The highest BCUT2D eigenvalue weighted by Gasteiger charge is 2.31. The molecule has 13 nitrogen and oxygen atoms in total. The third-order valence-corrected chi connectivity index (χ3v) is 6.45. The molecule has 5 rings (SSSR count). The molecule has 0 spiro atoms. The standard InChI is InChI=1S/C22H21ClN10O3/c23-18-15(5-11(7-24)6-16(18)32-4-3-14(17(34)10-32)29-22(35)36)28-21-30-19(27-12-1-2-12)20-26-9-13(8-25)33(20)31-21/h5-6,9,12,14,17,29,34H,1-4,10H2,(H,35,36)(H2,27,28,30,31)/t14-,17+/m1/s1. The molecule has 5 N–H and O–H groups in total. The summed E-state index contributed by atoms with van der Waals surface area (Å²) in [6, 6.07) is 7.00. The van der Waals surface area contributed by atoms with Crippen molar-refractivity contribution in [2.75, 3.05) is 28.6 Å². The van der Waals surface area contributed by atoms with E-state index in [4.69, 9.17) is 16.7 Å². The fourth-order valence-electron chi connectivity index (χ4n) is 4.12. The van der Waals surface area contributed by atoms with Crippen molar-refractivity contribution in [3.63, 3.8) is 0 Å². The van der Waals surface area contributed by atoms with Gasteiger partial charge in [-0.1, -0.05) is 11.6 Å². The zero-order valence-corrected chi connectivity index (χ0v) is 19.6. The number of hydrogen-bond donors (Lipinski definition) is 5. The lowest BCUT2D eigenvalue weighted by atomic mass is 10.0. The van der Waals surface area contributed by atoms with Crippen molar-refractivity contribution in [2.24, 2.45) is 0 Å². The number of anilines is 4. The first kappa shape index (κ1) is 23.4. The Labute approximate surface area is 209 Å². The number of nitriles is 2. The van der Waals surface area contributed by atoms with E-state index in [2.05, 4.69) is 43.2 Å². The van der Waals surface area contributed by atoms with Gasteiger partial charge in [0.1, 0.15) is 6.07 Å². The highest BCUT2D eigenvalue weighted by Crippen LogP contribution is 2.37. The molecule has 1 saturated carbocycles. The number of aliphatic hydroxyl groups excluding tert-OH is 1. The number of halogens is 1. The van der Waals surface area contributed by atoms with Crippen LogP contribution in [0.1, 0.15) is 30.5 Å². The van der Waals surface area contributed by atoms with Crippen LogP contribution in [0.2, 0.25) is 5.02 Å². The number of benzene rings is 1. The molecule has 1 aliphatic heterocycles. The number of piperidine rings is 1. The van der Waals surface area contributed by atoms with Gasteiger partial charge in [0.15, 0.2) is 17.2 Å². The number of aromatic nitrogens is 4. The zero-order chi connectivity index (χ0) is 25.4. The Morgan fingerprint density at radius 2 is 2.03 bits per heavy atom. The SMILES string of the molecule is N#Cc1cc(Nc2nc(NC3CC3)c3ncc(C#N)n3n2)c(Cl)c(N2CC[C@@H](NC(=O)O)[C@@H](O)C2)c1. The van der Waals surface area contributed by atoms with Crippen molar-refractivity contribution in [1.82, 2.24) is 24.9 Å². The summed E-state index contributed by atoms with van der Waals surface area (Å²) in [5.74, 6) is 0.618. The van der Waals surface area contributed by atoms with Gasteiger partial charge in [0.2, 0.25) is 5.95 Å². The van der Waals surface area contributed by atoms with Crippen molar-refractivity contribution < 1.29 is 15.0 Å². The maximum absolute atomic E-state index is 11.0. The van der Waals surface area contributed by atoms with E-state index in [9.17, 15) is 20.4 Å².